The summed E-state index contributed by atoms with van der Waals surface area (Å²) in [4.78, 5) is 20.9. The lowest BCUT2D eigenvalue weighted by molar-refractivity contribution is -0.483. The van der Waals surface area contributed by atoms with E-state index in [1.165, 1.54) is 6.92 Å². The van der Waals surface area contributed by atoms with E-state index in [4.69, 9.17) is 16.1 Å². The van der Waals surface area contributed by atoms with Crippen molar-refractivity contribution in [2.45, 2.75) is 19.3 Å². The van der Waals surface area contributed by atoms with Crippen LogP contribution in [0.15, 0.2) is 28.8 Å². The Morgan fingerprint density at radius 1 is 1.27 bits per heavy atom. The molecule has 1 atom stereocenters. The molecule has 0 radical (unpaired) electrons. The monoisotopic (exact) mass is 325 g/mol. The number of aryl methyl sites for hydroxylation is 1. The summed E-state index contributed by atoms with van der Waals surface area (Å²) < 4.78 is 4.84. The zero-order valence-corrected chi connectivity index (χ0v) is 12.3. The van der Waals surface area contributed by atoms with E-state index in [-0.39, 0.29) is 30.1 Å². The van der Waals surface area contributed by atoms with E-state index in [1.54, 1.807) is 24.3 Å². The summed E-state index contributed by atoms with van der Waals surface area (Å²) in [5.74, 6) is -0.480. The van der Waals surface area contributed by atoms with Crippen molar-refractivity contribution >= 4 is 17.3 Å². The molecule has 0 saturated carbocycles. The molecule has 1 aromatic heterocycles. The molecule has 0 aliphatic carbocycles. The minimum absolute atomic E-state index is 0.0380. The van der Waals surface area contributed by atoms with Gasteiger partial charge in [0.15, 0.2) is 5.69 Å². The Morgan fingerprint density at radius 3 is 2.45 bits per heavy atom. The second-order valence-corrected chi connectivity index (χ2v) is 5.20. The maximum Gasteiger partial charge on any atom is 0.334 e. The summed E-state index contributed by atoms with van der Waals surface area (Å²) in [7, 11) is 0. The van der Waals surface area contributed by atoms with E-state index in [9.17, 15) is 20.2 Å². The van der Waals surface area contributed by atoms with Crippen LogP contribution >= 0.6 is 11.6 Å². The first kappa shape index (κ1) is 15.9. The Hall–Kier alpha value is -2.48. The quantitative estimate of drug-likeness (QED) is 0.595. The van der Waals surface area contributed by atoms with Crippen molar-refractivity contribution in [2.75, 3.05) is 6.54 Å². The predicted molar refractivity (Wildman–Crippen MR) is 77.7 cm³/mol. The number of aromatic nitrogens is 1. The summed E-state index contributed by atoms with van der Waals surface area (Å²) in [5.41, 5.74) is 0.530. The molecule has 116 valence electrons. The minimum Gasteiger partial charge on any atom is -0.354 e. The zero-order valence-electron chi connectivity index (χ0n) is 11.6. The first-order valence-electron chi connectivity index (χ1n) is 6.35. The van der Waals surface area contributed by atoms with Crippen molar-refractivity contribution in [3.05, 3.63) is 66.5 Å². The maximum absolute atomic E-state index is 11.0. The van der Waals surface area contributed by atoms with Crippen molar-refractivity contribution < 1.29 is 14.4 Å². The Balaban J connectivity index is 2.33. The molecule has 1 unspecified atom stereocenters. The molecular formula is C13H12ClN3O5. The average Bonchev–Trinajstić information content (AvgIpc) is 2.79. The fourth-order valence-corrected chi connectivity index (χ4v) is 2.34. The molecule has 0 amide bonds. The van der Waals surface area contributed by atoms with E-state index >= 15 is 0 Å². The van der Waals surface area contributed by atoms with Gasteiger partial charge in [-0.1, -0.05) is 28.9 Å². The Kier molecular flexibility index (Phi) is 4.71. The fraction of sp³-hybridized carbons (Fsp3) is 0.308. The van der Waals surface area contributed by atoms with Crippen molar-refractivity contribution in [1.82, 2.24) is 5.16 Å². The summed E-state index contributed by atoms with van der Waals surface area (Å²) >= 11 is 5.80. The number of benzene rings is 1. The number of hydrogen-bond acceptors (Lipinski definition) is 6. The Bertz CT molecular complexity index is 698. The van der Waals surface area contributed by atoms with Gasteiger partial charge in [-0.15, -0.1) is 0 Å². The topological polar surface area (TPSA) is 112 Å². The van der Waals surface area contributed by atoms with Gasteiger partial charge in [-0.2, -0.15) is 0 Å². The lowest BCUT2D eigenvalue weighted by atomic mass is 9.94. The molecular weight excluding hydrogens is 314 g/mol. The predicted octanol–water partition coefficient (Wildman–Crippen LogP) is 3.15. The molecule has 0 spiro atoms. The molecule has 1 heterocycles. The van der Waals surface area contributed by atoms with Crippen LogP contribution in [0.1, 0.15) is 22.9 Å². The van der Waals surface area contributed by atoms with Crippen LogP contribution in [0.4, 0.5) is 5.69 Å². The number of rotatable bonds is 6. The molecule has 1 aromatic carbocycles. The Morgan fingerprint density at radius 2 is 1.91 bits per heavy atom. The van der Waals surface area contributed by atoms with Gasteiger partial charge >= 0.3 is 5.69 Å². The van der Waals surface area contributed by atoms with Gasteiger partial charge in [-0.3, -0.25) is 20.2 Å². The van der Waals surface area contributed by atoms with E-state index < -0.39 is 15.8 Å². The third-order valence-corrected chi connectivity index (χ3v) is 3.48. The first-order chi connectivity index (χ1) is 10.4. The summed E-state index contributed by atoms with van der Waals surface area (Å²) in [6.07, 6.45) is 0.0380. The van der Waals surface area contributed by atoms with Crippen molar-refractivity contribution in [3.63, 3.8) is 0 Å². The highest BCUT2D eigenvalue weighted by Crippen LogP contribution is 2.29. The molecule has 0 aliphatic heterocycles. The highest BCUT2D eigenvalue weighted by atomic mass is 35.5. The molecule has 0 fully saturated rings. The van der Waals surface area contributed by atoms with Crippen molar-refractivity contribution in [1.29, 1.82) is 0 Å². The van der Waals surface area contributed by atoms with Gasteiger partial charge in [-0.05, 0) is 17.7 Å². The van der Waals surface area contributed by atoms with E-state index in [0.717, 1.165) is 0 Å². The molecule has 22 heavy (non-hydrogen) atoms. The number of hydrogen-bond donors (Lipinski definition) is 0. The van der Waals surface area contributed by atoms with Crippen LogP contribution in [0.25, 0.3) is 0 Å². The van der Waals surface area contributed by atoms with Gasteiger partial charge in [0, 0.05) is 23.3 Å². The van der Waals surface area contributed by atoms with Gasteiger partial charge in [0.05, 0.1) is 10.8 Å². The van der Waals surface area contributed by atoms with Crippen LogP contribution in [-0.4, -0.2) is 21.5 Å². The highest BCUT2D eigenvalue weighted by Gasteiger charge is 2.29. The standard InChI is InChI=1S/C13H12ClN3O5/c1-8-13(17(20)21)12(15-22-8)6-10(7-16(18)19)9-2-4-11(14)5-3-9/h2-5,10H,6-7H2,1H3. The van der Waals surface area contributed by atoms with Crippen LogP contribution in [0.5, 0.6) is 0 Å². The van der Waals surface area contributed by atoms with Crippen LogP contribution in [0, 0.1) is 27.2 Å². The van der Waals surface area contributed by atoms with Crippen molar-refractivity contribution in [2.24, 2.45) is 0 Å². The summed E-state index contributed by atoms with van der Waals surface area (Å²) in [5, 5.41) is 26.1. The third-order valence-electron chi connectivity index (χ3n) is 3.23. The summed E-state index contributed by atoms with van der Waals surface area (Å²) in [6.45, 7) is 1.06. The molecule has 2 aromatic rings. The maximum atomic E-state index is 11.0. The second kappa shape index (κ2) is 6.52. The Labute approximate surface area is 130 Å². The summed E-state index contributed by atoms with van der Waals surface area (Å²) in [6, 6.07) is 6.56. The molecule has 2 rings (SSSR count). The number of nitro groups is 2. The fourth-order valence-electron chi connectivity index (χ4n) is 2.22. The third kappa shape index (κ3) is 3.59. The molecule has 0 aliphatic rings. The smallest absolute Gasteiger partial charge is 0.334 e. The first-order valence-corrected chi connectivity index (χ1v) is 6.73. The van der Waals surface area contributed by atoms with Gasteiger partial charge in [0.25, 0.3) is 0 Å². The lowest BCUT2D eigenvalue weighted by Crippen LogP contribution is -2.15. The normalized spacial score (nSPS) is 12.1. The van der Waals surface area contributed by atoms with Crippen LogP contribution in [-0.2, 0) is 6.42 Å². The number of nitrogens with zero attached hydrogens (tertiary/aromatic N) is 3. The van der Waals surface area contributed by atoms with E-state index in [1.807, 2.05) is 0 Å². The average molecular weight is 326 g/mol. The SMILES string of the molecule is Cc1onc(CC(C[N+](=O)[O-])c2ccc(Cl)cc2)c1[N+](=O)[O-]. The van der Waals surface area contributed by atoms with Gasteiger partial charge in [-0.25, -0.2) is 0 Å². The molecule has 0 bridgehead atoms. The molecule has 0 saturated heterocycles. The largest absolute Gasteiger partial charge is 0.354 e. The van der Waals surface area contributed by atoms with E-state index in [0.29, 0.717) is 10.6 Å². The number of halogens is 1. The van der Waals surface area contributed by atoms with Crippen LogP contribution in [0.3, 0.4) is 0 Å². The van der Waals surface area contributed by atoms with Gasteiger partial charge in [0.2, 0.25) is 12.3 Å². The molecule has 8 nitrogen and oxygen atoms in total. The minimum atomic E-state index is -0.591. The van der Waals surface area contributed by atoms with Crippen LogP contribution in [0.2, 0.25) is 5.02 Å². The lowest BCUT2D eigenvalue weighted by Gasteiger charge is -2.11. The van der Waals surface area contributed by atoms with Gasteiger partial charge < -0.3 is 4.52 Å². The highest BCUT2D eigenvalue weighted by molar-refractivity contribution is 6.30. The van der Waals surface area contributed by atoms with Gasteiger partial charge in [0.1, 0.15) is 0 Å². The van der Waals surface area contributed by atoms with Crippen LogP contribution < -0.4 is 0 Å². The van der Waals surface area contributed by atoms with Crippen molar-refractivity contribution in [3.8, 4) is 0 Å². The van der Waals surface area contributed by atoms with E-state index in [2.05, 4.69) is 5.16 Å². The second-order valence-electron chi connectivity index (χ2n) is 4.76. The molecule has 0 N–H and O–H groups in total. The molecule has 9 heteroatoms. The zero-order chi connectivity index (χ0) is 16.3.